The van der Waals surface area contributed by atoms with E-state index in [9.17, 15) is 14.0 Å². The van der Waals surface area contributed by atoms with E-state index < -0.39 is 6.04 Å². The number of aromatic amines is 1. The van der Waals surface area contributed by atoms with Gasteiger partial charge in [0, 0.05) is 30.4 Å². The number of hydrogen-bond donors (Lipinski definition) is 2. The molecule has 0 aliphatic heterocycles. The van der Waals surface area contributed by atoms with Gasteiger partial charge in [-0.25, -0.2) is 9.37 Å². The van der Waals surface area contributed by atoms with Crippen molar-refractivity contribution in [2.45, 2.75) is 12.5 Å². The second kappa shape index (κ2) is 9.86. The first kappa shape index (κ1) is 21.9. The number of para-hydroxylation sites is 1. The predicted molar refractivity (Wildman–Crippen MR) is 121 cm³/mol. The molecule has 7 nitrogen and oxygen atoms in total. The van der Waals surface area contributed by atoms with Crippen molar-refractivity contribution in [3.8, 4) is 17.1 Å². The van der Waals surface area contributed by atoms with Crippen molar-refractivity contribution in [3.05, 3.63) is 112 Å². The van der Waals surface area contributed by atoms with E-state index >= 15 is 0 Å². The maximum atomic E-state index is 13.5. The number of benzene rings is 2. The number of methoxy groups -OCH3 is 1. The second-order valence-corrected chi connectivity index (χ2v) is 7.30. The number of aromatic nitrogens is 3. The van der Waals surface area contributed by atoms with Crippen LogP contribution in [0.3, 0.4) is 0 Å². The Labute approximate surface area is 189 Å². The van der Waals surface area contributed by atoms with Crippen molar-refractivity contribution in [2.75, 3.05) is 7.11 Å². The fraction of sp³-hybridized carbons (Fsp3) is 0.120. The predicted octanol–water partition coefficient (Wildman–Crippen LogP) is 3.69. The van der Waals surface area contributed by atoms with E-state index in [1.807, 2.05) is 0 Å². The van der Waals surface area contributed by atoms with E-state index in [0.717, 1.165) is 0 Å². The van der Waals surface area contributed by atoms with E-state index in [1.165, 1.54) is 25.3 Å². The Kier molecular flexibility index (Phi) is 6.54. The quantitative estimate of drug-likeness (QED) is 0.453. The molecule has 0 bridgehead atoms. The minimum atomic E-state index is -0.567. The largest absolute Gasteiger partial charge is 0.496 e. The number of amides is 1. The molecule has 1 amide bonds. The molecule has 0 saturated heterocycles. The molecule has 2 aromatic carbocycles. The normalized spacial score (nSPS) is 11.6. The fourth-order valence-corrected chi connectivity index (χ4v) is 3.48. The van der Waals surface area contributed by atoms with Gasteiger partial charge in [0.2, 0.25) is 0 Å². The van der Waals surface area contributed by atoms with Crippen molar-refractivity contribution in [2.24, 2.45) is 0 Å². The van der Waals surface area contributed by atoms with Crippen molar-refractivity contribution in [1.82, 2.24) is 20.3 Å². The number of carbonyl (C=O) groups excluding carboxylic acids is 1. The summed E-state index contributed by atoms with van der Waals surface area (Å²) in [5.41, 5.74) is 1.90. The molecule has 2 heterocycles. The van der Waals surface area contributed by atoms with E-state index in [4.69, 9.17) is 4.74 Å². The summed E-state index contributed by atoms with van der Waals surface area (Å²) in [6, 6.07) is 17.0. The van der Waals surface area contributed by atoms with Gasteiger partial charge in [-0.1, -0.05) is 24.3 Å². The summed E-state index contributed by atoms with van der Waals surface area (Å²) in [6.45, 7) is 0. The number of nitrogens with zero attached hydrogens (tertiary/aromatic N) is 2. The van der Waals surface area contributed by atoms with Gasteiger partial charge in [-0.05, 0) is 42.0 Å². The third-order valence-electron chi connectivity index (χ3n) is 5.09. The Hall–Kier alpha value is -4.33. The van der Waals surface area contributed by atoms with Gasteiger partial charge in [0.1, 0.15) is 17.4 Å². The van der Waals surface area contributed by atoms with Gasteiger partial charge in [-0.2, -0.15) is 0 Å². The Balaban J connectivity index is 1.67. The minimum Gasteiger partial charge on any atom is -0.496 e. The van der Waals surface area contributed by atoms with Crippen LogP contribution in [0, 0.1) is 5.82 Å². The first-order valence-electron chi connectivity index (χ1n) is 10.2. The highest BCUT2D eigenvalue weighted by atomic mass is 19.1. The lowest BCUT2D eigenvalue weighted by atomic mass is 10.0. The summed E-state index contributed by atoms with van der Waals surface area (Å²) in [5, 5.41) is 2.97. The standard InChI is InChI=1S/C25H21FN4O3/c1-33-22-5-3-2-4-20(22)25(32)29-21(16-6-8-18(26)9-7-16)14-19-15-23(31)30-24(28-19)17-10-12-27-13-11-17/h2-13,15,21H,14H2,1H3,(H,29,32)(H,28,30,31). The number of pyridine rings is 1. The summed E-state index contributed by atoms with van der Waals surface area (Å²) in [6.07, 6.45) is 3.43. The summed E-state index contributed by atoms with van der Waals surface area (Å²) in [7, 11) is 1.49. The molecule has 0 spiro atoms. The van der Waals surface area contributed by atoms with E-state index in [0.29, 0.717) is 34.0 Å². The van der Waals surface area contributed by atoms with E-state index in [1.54, 1.807) is 60.9 Å². The van der Waals surface area contributed by atoms with Crippen molar-refractivity contribution in [3.63, 3.8) is 0 Å². The zero-order chi connectivity index (χ0) is 23.2. The molecule has 0 saturated carbocycles. The number of hydrogen-bond acceptors (Lipinski definition) is 5. The summed E-state index contributed by atoms with van der Waals surface area (Å²) in [5.74, 6) is 0.0831. The first-order valence-corrected chi connectivity index (χ1v) is 10.2. The van der Waals surface area contributed by atoms with Crippen LogP contribution in [-0.4, -0.2) is 28.0 Å². The van der Waals surface area contributed by atoms with Crippen molar-refractivity contribution >= 4 is 5.91 Å². The zero-order valence-corrected chi connectivity index (χ0v) is 17.8. The van der Waals surface area contributed by atoms with Crippen LogP contribution >= 0.6 is 0 Å². The second-order valence-electron chi connectivity index (χ2n) is 7.30. The average molecular weight is 444 g/mol. The van der Waals surface area contributed by atoms with Crippen LogP contribution in [0.25, 0.3) is 11.4 Å². The molecular formula is C25H21FN4O3. The third kappa shape index (κ3) is 5.30. The van der Waals surface area contributed by atoms with Gasteiger partial charge in [0.15, 0.2) is 0 Å². The molecule has 4 rings (SSSR count). The summed E-state index contributed by atoms with van der Waals surface area (Å²) < 4.78 is 18.8. The maximum absolute atomic E-state index is 13.5. The summed E-state index contributed by atoms with van der Waals surface area (Å²) in [4.78, 5) is 36.6. The molecule has 1 atom stereocenters. The van der Waals surface area contributed by atoms with Crippen LogP contribution in [0.2, 0.25) is 0 Å². The molecule has 2 N–H and O–H groups in total. The van der Waals surface area contributed by atoms with Crippen LogP contribution in [0.5, 0.6) is 5.75 Å². The van der Waals surface area contributed by atoms with Gasteiger partial charge in [-0.15, -0.1) is 0 Å². The number of halogens is 1. The molecule has 4 aromatic rings. The molecule has 2 aromatic heterocycles. The highest BCUT2D eigenvalue weighted by Crippen LogP contribution is 2.22. The highest BCUT2D eigenvalue weighted by molar-refractivity contribution is 5.97. The topological polar surface area (TPSA) is 97.0 Å². The first-order chi connectivity index (χ1) is 16.0. The maximum Gasteiger partial charge on any atom is 0.255 e. The van der Waals surface area contributed by atoms with E-state index in [-0.39, 0.29) is 23.7 Å². The van der Waals surface area contributed by atoms with Gasteiger partial charge < -0.3 is 15.0 Å². The third-order valence-corrected chi connectivity index (χ3v) is 5.09. The molecule has 0 radical (unpaired) electrons. The summed E-state index contributed by atoms with van der Waals surface area (Å²) >= 11 is 0. The van der Waals surface area contributed by atoms with Gasteiger partial charge in [0.25, 0.3) is 11.5 Å². The van der Waals surface area contributed by atoms with Crippen molar-refractivity contribution in [1.29, 1.82) is 0 Å². The average Bonchev–Trinajstić information content (AvgIpc) is 2.84. The van der Waals surface area contributed by atoms with Crippen LogP contribution in [0.4, 0.5) is 4.39 Å². The molecule has 8 heteroatoms. The molecule has 166 valence electrons. The lowest BCUT2D eigenvalue weighted by molar-refractivity contribution is 0.0933. The molecule has 1 unspecified atom stereocenters. The van der Waals surface area contributed by atoms with E-state index in [2.05, 4.69) is 20.3 Å². The Morgan fingerprint density at radius 3 is 2.55 bits per heavy atom. The molecular weight excluding hydrogens is 423 g/mol. The molecule has 33 heavy (non-hydrogen) atoms. The molecule has 0 aliphatic carbocycles. The number of H-pyrrole nitrogens is 1. The lowest BCUT2D eigenvalue weighted by Crippen LogP contribution is -2.31. The van der Waals surface area contributed by atoms with Crippen LogP contribution in [-0.2, 0) is 6.42 Å². The van der Waals surface area contributed by atoms with Gasteiger partial charge in [-0.3, -0.25) is 14.6 Å². The smallest absolute Gasteiger partial charge is 0.255 e. The Morgan fingerprint density at radius 2 is 1.82 bits per heavy atom. The number of carbonyl (C=O) groups is 1. The molecule has 0 aliphatic rings. The Morgan fingerprint density at radius 1 is 1.09 bits per heavy atom. The number of nitrogens with one attached hydrogen (secondary N) is 2. The van der Waals surface area contributed by atoms with Crippen LogP contribution < -0.4 is 15.6 Å². The minimum absolute atomic E-state index is 0.217. The number of ether oxygens (including phenoxy) is 1. The monoisotopic (exact) mass is 444 g/mol. The van der Waals surface area contributed by atoms with Crippen molar-refractivity contribution < 1.29 is 13.9 Å². The van der Waals surface area contributed by atoms with Gasteiger partial charge in [0.05, 0.1) is 24.4 Å². The lowest BCUT2D eigenvalue weighted by Gasteiger charge is -2.20. The fourth-order valence-electron chi connectivity index (χ4n) is 3.48. The highest BCUT2D eigenvalue weighted by Gasteiger charge is 2.20. The Bertz CT molecular complexity index is 1310. The zero-order valence-electron chi connectivity index (χ0n) is 17.8. The van der Waals surface area contributed by atoms with Crippen LogP contribution in [0.1, 0.15) is 27.7 Å². The molecule has 0 fully saturated rings. The van der Waals surface area contributed by atoms with Crippen LogP contribution in [0.15, 0.2) is 83.9 Å². The van der Waals surface area contributed by atoms with Gasteiger partial charge >= 0.3 is 0 Å². The number of rotatable bonds is 7. The SMILES string of the molecule is COc1ccccc1C(=O)NC(Cc1cc(=O)[nH]c(-c2ccncc2)n1)c1ccc(F)cc1.